The molecule has 0 unspecified atom stereocenters. The lowest BCUT2D eigenvalue weighted by molar-refractivity contribution is -0.136. The Morgan fingerprint density at radius 3 is 2.94 bits per heavy atom. The number of benzene rings is 1. The molecule has 0 saturated heterocycles. The number of aryl methyl sites for hydroxylation is 1. The van der Waals surface area contributed by atoms with Crippen molar-refractivity contribution < 1.29 is 9.90 Å². The second-order valence-corrected chi connectivity index (χ2v) is 4.07. The zero-order chi connectivity index (χ0) is 12.4. The van der Waals surface area contributed by atoms with E-state index in [0.717, 1.165) is 5.56 Å². The van der Waals surface area contributed by atoms with Crippen molar-refractivity contribution in [1.29, 1.82) is 0 Å². The maximum Gasteiger partial charge on any atom is 0.309 e. The van der Waals surface area contributed by atoms with E-state index in [2.05, 4.69) is 10.3 Å². The maximum absolute atomic E-state index is 10.7. The summed E-state index contributed by atoms with van der Waals surface area (Å²) in [6.45, 7) is 1.93. The first-order valence-electron chi connectivity index (χ1n) is 4.96. The predicted molar refractivity (Wildman–Crippen MR) is 62.4 cm³/mol. The molecule has 0 aliphatic rings. The van der Waals surface area contributed by atoms with Gasteiger partial charge in [-0.15, -0.1) is 5.10 Å². The summed E-state index contributed by atoms with van der Waals surface area (Å²) >= 11 is 6.09. The van der Waals surface area contributed by atoms with Crippen LogP contribution in [0.1, 0.15) is 11.3 Å². The van der Waals surface area contributed by atoms with E-state index in [1.54, 1.807) is 12.1 Å². The van der Waals surface area contributed by atoms with Crippen LogP contribution < -0.4 is 0 Å². The van der Waals surface area contributed by atoms with Gasteiger partial charge in [0.05, 0.1) is 29.0 Å². The highest BCUT2D eigenvalue weighted by Crippen LogP contribution is 2.22. The van der Waals surface area contributed by atoms with Gasteiger partial charge >= 0.3 is 5.97 Å². The third-order valence-corrected chi connectivity index (χ3v) is 2.59. The highest BCUT2D eigenvalue weighted by Gasteiger charge is 2.12. The Kier molecular flexibility index (Phi) is 3.10. The van der Waals surface area contributed by atoms with Crippen LogP contribution in [-0.4, -0.2) is 26.1 Å². The fourth-order valence-electron chi connectivity index (χ4n) is 1.52. The number of halogens is 1. The van der Waals surface area contributed by atoms with E-state index in [9.17, 15) is 4.79 Å². The number of hydrogen-bond acceptors (Lipinski definition) is 3. The molecule has 88 valence electrons. The number of aromatic nitrogens is 3. The van der Waals surface area contributed by atoms with Gasteiger partial charge in [0.15, 0.2) is 0 Å². The summed E-state index contributed by atoms with van der Waals surface area (Å²) in [6, 6.07) is 5.47. The van der Waals surface area contributed by atoms with Crippen LogP contribution in [0.25, 0.3) is 5.69 Å². The third kappa shape index (κ3) is 2.45. The molecule has 0 fully saturated rings. The molecule has 5 nitrogen and oxygen atoms in total. The van der Waals surface area contributed by atoms with Crippen LogP contribution in [0.5, 0.6) is 0 Å². The van der Waals surface area contributed by atoms with Gasteiger partial charge in [-0.3, -0.25) is 4.79 Å². The van der Waals surface area contributed by atoms with Crippen LogP contribution in [0, 0.1) is 6.92 Å². The lowest BCUT2D eigenvalue weighted by atomic mass is 10.2. The first-order valence-corrected chi connectivity index (χ1v) is 5.33. The molecule has 0 radical (unpaired) electrons. The van der Waals surface area contributed by atoms with Gasteiger partial charge in [0, 0.05) is 0 Å². The van der Waals surface area contributed by atoms with Crippen molar-refractivity contribution in [3.05, 3.63) is 40.7 Å². The molecule has 0 amide bonds. The number of carboxylic acid groups (broad SMARTS) is 1. The average molecular weight is 252 g/mol. The van der Waals surface area contributed by atoms with Crippen LogP contribution in [0.3, 0.4) is 0 Å². The molecule has 1 heterocycles. The van der Waals surface area contributed by atoms with Crippen molar-refractivity contribution in [2.45, 2.75) is 13.3 Å². The molecule has 1 aromatic carbocycles. The van der Waals surface area contributed by atoms with Crippen LogP contribution in [-0.2, 0) is 11.2 Å². The number of carboxylic acids is 1. The molecule has 0 aliphatic heterocycles. The van der Waals surface area contributed by atoms with Gasteiger partial charge in [0.2, 0.25) is 0 Å². The summed E-state index contributed by atoms with van der Waals surface area (Å²) in [6.07, 6.45) is 1.28. The van der Waals surface area contributed by atoms with E-state index >= 15 is 0 Å². The highest BCUT2D eigenvalue weighted by atomic mass is 35.5. The van der Waals surface area contributed by atoms with Gasteiger partial charge in [0.1, 0.15) is 0 Å². The van der Waals surface area contributed by atoms with E-state index in [-0.39, 0.29) is 6.42 Å². The van der Waals surface area contributed by atoms with Crippen molar-refractivity contribution in [3.63, 3.8) is 0 Å². The summed E-state index contributed by atoms with van der Waals surface area (Å²) in [5, 5.41) is 16.8. The third-order valence-electron chi connectivity index (χ3n) is 2.28. The molecule has 1 N–H and O–H groups in total. The van der Waals surface area contributed by atoms with Crippen LogP contribution in [0.2, 0.25) is 5.02 Å². The van der Waals surface area contributed by atoms with Crippen molar-refractivity contribution in [2.24, 2.45) is 0 Å². The first-order chi connectivity index (χ1) is 8.08. The predicted octanol–water partition coefficient (Wildman–Crippen LogP) is 1.86. The second kappa shape index (κ2) is 4.55. The zero-order valence-electron chi connectivity index (χ0n) is 9.09. The van der Waals surface area contributed by atoms with Crippen LogP contribution in [0.15, 0.2) is 24.4 Å². The van der Waals surface area contributed by atoms with Crippen LogP contribution >= 0.6 is 11.6 Å². The number of nitrogens with zero attached hydrogens (tertiary/aromatic N) is 3. The average Bonchev–Trinajstić information content (AvgIpc) is 2.65. The van der Waals surface area contributed by atoms with Gasteiger partial charge in [-0.2, -0.15) is 0 Å². The fourth-order valence-corrected chi connectivity index (χ4v) is 1.83. The molecule has 0 aliphatic carbocycles. The molecule has 0 spiro atoms. The number of aliphatic carboxylic acids is 1. The highest BCUT2D eigenvalue weighted by molar-refractivity contribution is 6.32. The number of carbonyl (C=O) groups is 1. The standard InChI is InChI=1S/C11H10ClN3O2/c1-7-2-3-10(9(12)4-7)15-8(5-11(16)17)6-13-14-15/h2-4,6H,5H2,1H3,(H,16,17). The zero-order valence-corrected chi connectivity index (χ0v) is 9.85. The molecule has 17 heavy (non-hydrogen) atoms. The lowest BCUT2D eigenvalue weighted by Crippen LogP contribution is -2.08. The molecule has 0 bridgehead atoms. The number of rotatable bonds is 3. The molecular formula is C11H10ClN3O2. The minimum atomic E-state index is -0.934. The minimum absolute atomic E-state index is 0.142. The van der Waals surface area contributed by atoms with Crippen molar-refractivity contribution in [3.8, 4) is 5.69 Å². The Morgan fingerprint density at radius 1 is 1.53 bits per heavy atom. The topological polar surface area (TPSA) is 68.0 Å². The molecule has 2 aromatic rings. The molecular weight excluding hydrogens is 242 g/mol. The van der Waals surface area contributed by atoms with Crippen LogP contribution in [0.4, 0.5) is 0 Å². The van der Waals surface area contributed by atoms with Gasteiger partial charge in [-0.25, -0.2) is 4.68 Å². The molecule has 2 rings (SSSR count). The first kappa shape index (κ1) is 11.6. The Hall–Kier alpha value is -1.88. The largest absolute Gasteiger partial charge is 0.481 e. The summed E-state index contributed by atoms with van der Waals surface area (Å²) in [4.78, 5) is 10.7. The van der Waals surface area contributed by atoms with E-state index in [0.29, 0.717) is 16.4 Å². The summed E-state index contributed by atoms with van der Waals surface area (Å²) in [5.41, 5.74) is 2.15. The van der Waals surface area contributed by atoms with Crippen molar-refractivity contribution >= 4 is 17.6 Å². The van der Waals surface area contributed by atoms with Gasteiger partial charge in [0.25, 0.3) is 0 Å². The smallest absolute Gasteiger partial charge is 0.309 e. The summed E-state index contributed by atoms with van der Waals surface area (Å²) in [5.74, 6) is -0.934. The monoisotopic (exact) mass is 251 g/mol. The summed E-state index contributed by atoms with van der Waals surface area (Å²) in [7, 11) is 0. The van der Waals surface area contributed by atoms with Gasteiger partial charge < -0.3 is 5.11 Å². The van der Waals surface area contributed by atoms with Gasteiger partial charge in [-0.1, -0.05) is 22.9 Å². The lowest BCUT2D eigenvalue weighted by Gasteiger charge is -2.07. The molecule has 6 heteroatoms. The Morgan fingerprint density at radius 2 is 2.29 bits per heavy atom. The van der Waals surface area contributed by atoms with E-state index in [1.807, 2.05) is 13.0 Å². The summed E-state index contributed by atoms with van der Waals surface area (Å²) < 4.78 is 1.44. The maximum atomic E-state index is 10.7. The van der Waals surface area contributed by atoms with Crippen molar-refractivity contribution in [1.82, 2.24) is 15.0 Å². The normalized spacial score (nSPS) is 10.5. The quantitative estimate of drug-likeness (QED) is 0.904. The van der Waals surface area contributed by atoms with E-state index < -0.39 is 5.97 Å². The van der Waals surface area contributed by atoms with Crippen molar-refractivity contribution in [2.75, 3.05) is 0 Å². The Balaban J connectivity index is 2.46. The minimum Gasteiger partial charge on any atom is -0.481 e. The second-order valence-electron chi connectivity index (χ2n) is 3.66. The fraction of sp³-hybridized carbons (Fsp3) is 0.182. The van der Waals surface area contributed by atoms with Gasteiger partial charge in [-0.05, 0) is 24.6 Å². The molecule has 0 saturated carbocycles. The van der Waals surface area contributed by atoms with E-state index in [1.165, 1.54) is 10.9 Å². The SMILES string of the molecule is Cc1ccc(-n2nncc2CC(=O)O)c(Cl)c1. The Labute approximate surface area is 103 Å². The number of hydrogen-bond donors (Lipinski definition) is 1. The molecule has 1 aromatic heterocycles. The Bertz CT molecular complexity index is 566. The van der Waals surface area contributed by atoms with E-state index in [4.69, 9.17) is 16.7 Å². The molecule has 0 atom stereocenters.